The second-order valence-electron chi connectivity index (χ2n) is 7.12. The van der Waals surface area contributed by atoms with Crippen molar-refractivity contribution >= 4 is 56.2 Å². The molecule has 0 aliphatic rings. The van der Waals surface area contributed by atoms with E-state index in [1.807, 2.05) is 85.3 Å². The van der Waals surface area contributed by atoms with E-state index in [0.29, 0.717) is 5.16 Å². The van der Waals surface area contributed by atoms with Crippen LogP contribution in [0.1, 0.15) is 6.92 Å². The van der Waals surface area contributed by atoms with E-state index in [4.69, 9.17) is 0 Å². The molecule has 0 bridgehead atoms. The molecule has 2 aromatic heterocycles. The fourth-order valence-corrected chi connectivity index (χ4v) is 4.33. The van der Waals surface area contributed by atoms with Crippen molar-refractivity contribution in [3.63, 3.8) is 0 Å². The van der Waals surface area contributed by atoms with Crippen molar-refractivity contribution in [1.82, 2.24) is 19.7 Å². The van der Waals surface area contributed by atoms with Gasteiger partial charge in [0, 0.05) is 23.5 Å². The molecule has 0 aliphatic carbocycles. The number of aromatic nitrogens is 4. The van der Waals surface area contributed by atoms with E-state index in [0.717, 1.165) is 38.5 Å². The molecule has 1 atom stereocenters. The molecule has 0 radical (unpaired) electrons. The number of carbonyl (C=O) groups is 1. The molecule has 5 rings (SSSR count). The van der Waals surface area contributed by atoms with Crippen LogP contribution in [-0.2, 0) is 11.8 Å². The zero-order valence-corrected chi connectivity index (χ0v) is 17.4. The second-order valence-corrected chi connectivity index (χ2v) is 8.43. The highest BCUT2D eigenvalue weighted by atomic mass is 32.2. The molecule has 5 aromatic rings. The third kappa shape index (κ3) is 3.17. The van der Waals surface area contributed by atoms with Crippen LogP contribution in [0.4, 0.5) is 5.69 Å². The van der Waals surface area contributed by atoms with Gasteiger partial charge in [0.25, 0.3) is 0 Å². The molecule has 0 spiro atoms. The molecule has 1 amide bonds. The number of benzene rings is 3. The lowest BCUT2D eigenvalue weighted by atomic mass is 10.1. The summed E-state index contributed by atoms with van der Waals surface area (Å²) >= 11 is 1.30. The topological polar surface area (TPSA) is 72.7 Å². The maximum absolute atomic E-state index is 12.8. The van der Waals surface area contributed by atoms with Gasteiger partial charge in [0.2, 0.25) is 11.1 Å². The highest BCUT2D eigenvalue weighted by molar-refractivity contribution is 8.00. The Balaban J connectivity index is 1.40. The molecule has 1 N–H and O–H groups in total. The van der Waals surface area contributed by atoms with Crippen LogP contribution in [0, 0.1) is 0 Å². The molecule has 0 fully saturated rings. The molecule has 6 nitrogen and oxygen atoms in total. The van der Waals surface area contributed by atoms with Gasteiger partial charge in [0.05, 0.1) is 10.8 Å². The summed E-state index contributed by atoms with van der Waals surface area (Å²) in [4.78, 5) is 17.5. The number of anilines is 1. The number of nitrogens with one attached hydrogen (secondary N) is 1. The number of amides is 1. The first-order chi connectivity index (χ1) is 14.6. The van der Waals surface area contributed by atoms with Gasteiger partial charge in [-0.05, 0) is 24.4 Å². The third-order valence-electron chi connectivity index (χ3n) is 5.19. The van der Waals surface area contributed by atoms with E-state index >= 15 is 0 Å². The van der Waals surface area contributed by atoms with E-state index < -0.39 is 0 Å². The molecule has 30 heavy (non-hydrogen) atoms. The number of thioether (sulfide) groups is 1. The van der Waals surface area contributed by atoms with Crippen LogP contribution in [0.3, 0.4) is 0 Å². The van der Waals surface area contributed by atoms with E-state index in [2.05, 4.69) is 20.5 Å². The van der Waals surface area contributed by atoms with Gasteiger partial charge in [-0.1, -0.05) is 66.4 Å². The van der Waals surface area contributed by atoms with Crippen molar-refractivity contribution < 1.29 is 4.79 Å². The molecule has 3 aromatic carbocycles. The van der Waals surface area contributed by atoms with E-state index in [1.54, 1.807) is 0 Å². The Morgan fingerprint density at radius 1 is 0.967 bits per heavy atom. The van der Waals surface area contributed by atoms with E-state index in [1.165, 1.54) is 11.8 Å². The van der Waals surface area contributed by atoms with Crippen LogP contribution < -0.4 is 5.32 Å². The van der Waals surface area contributed by atoms with Crippen LogP contribution in [0.5, 0.6) is 0 Å². The van der Waals surface area contributed by atoms with Crippen molar-refractivity contribution in [3.8, 4) is 0 Å². The summed E-state index contributed by atoms with van der Waals surface area (Å²) in [5.41, 5.74) is 3.38. The second kappa shape index (κ2) is 7.42. The minimum absolute atomic E-state index is 0.0999. The largest absolute Gasteiger partial charge is 0.327 e. The Morgan fingerprint density at radius 3 is 2.57 bits per heavy atom. The standard InChI is InChI=1S/C23H19N5OS/c1-14(22(29)24-18-12-7-9-15-8-3-4-10-16(15)18)30-23-25-21-20(26-27-23)17-11-5-6-13-19(17)28(21)2/h3-14H,1-2H3,(H,24,29)/t14-/m0/s1. The quantitative estimate of drug-likeness (QED) is 0.429. The fourth-order valence-electron chi connectivity index (χ4n) is 3.62. The SMILES string of the molecule is C[C@H](Sc1nnc2c3ccccc3n(C)c2n1)C(=O)Nc1cccc2ccccc12. The van der Waals surface area contributed by atoms with Crippen LogP contribution in [-0.4, -0.2) is 30.9 Å². The number of hydrogen-bond acceptors (Lipinski definition) is 5. The Kier molecular flexibility index (Phi) is 4.59. The van der Waals surface area contributed by atoms with Crippen molar-refractivity contribution in [2.75, 3.05) is 5.32 Å². The number of para-hydroxylation sites is 1. The molecule has 0 saturated carbocycles. The van der Waals surface area contributed by atoms with Gasteiger partial charge in [-0.3, -0.25) is 4.79 Å². The van der Waals surface area contributed by atoms with Gasteiger partial charge < -0.3 is 9.88 Å². The van der Waals surface area contributed by atoms with Crippen molar-refractivity contribution in [2.45, 2.75) is 17.3 Å². The minimum atomic E-state index is -0.377. The van der Waals surface area contributed by atoms with Gasteiger partial charge in [0.15, 0.2) is 5.65 Å². The van der Waals surface area contributed by atoms with Gasteiger partial charge in [-0.25, -0.2) is 4.98 Å². The van der Waals surface area contributed by atoms with E-state index in [9.17, 15) is 4.79 Å². The number of aryl methyl sites for hydroxylation is 1. The van der Waals surface area contributed by atoms with Gasteiger partial charge in [-0.2, -0.15) is 0 Å². The number of rotatable bonds is 4. The number of hydrogen-bond donors (Lipinski definition) is 1. The molecule has 2 heterocycles. The van der Waals surface area contributed by atoms with Crippen LogP contribution in [0.15, 0.2) is 71.9 Å². The van der Waals surface area contributed by atoms with Crippen molar-refractivity contribution in [2.24, 2.45) is 7.05 Å². The first-order valence-corrected chi connectivity index (χ1v) is 10.5. The Bertz CT molecular complexity index is 1410. The van der Waals surface area contributed by atoms with E-state index in [-0.39, 0.29) is 11.2 Å². The predicted molar refractivity (Wildman–Crippen MR) is 122 cm³/mol. The zero-order valence-electron chi connectivity index (χ0n) is 16.5. The molecule has 7 heteroatoms. The fraction of sp³-hybridized carbons (Fsp3) is 0.130. The van der Waals surface area contributed by atoms with Gasteiger partial charge in [0.1, 0.15) is 5.52 Å². The molecular formula is C23H19N5OS. The van der Waals surface area contributed by atoms with Crippen LogP contribution in [0.2, 0.25) is 0 Å². The lowest BCUT2D eigenvalue weighted by molar-refractivity contribution is -0.115. The molecule has 0 aliphatic heterocycles. The molecule has 148 valence electrons. The highest BCUT2D eigenvalue weighted by Gasteiger charge is 2.19. The Hall–Kier alpha value is -3.45. The average molecular weight is 414 g/mol. The summed E-state index contributed by atoms with van der Waals surface area (Å²) in [5.74, 6) is -0.0999. The summed E-state index contributed by atoms with van der Waals surface area (Å²) in [6, 6.07) is 21.9. The maximum Gasteiger partial charge on any atom is 0.237 e. The monoisotopic (exact) mass is 413 g/mol. The number of fused-ring (bicyclic) bond motifs is 4. The summed E-state index contributed by atoms with van der Waals surface area (Å²) in [6.45, 7) is 1.85. The molecular weight excluding hydrogens is 394 g/mol. The highest BCUT2D eigenvalue weighted by Crippen LogP contribution is 2.28. The first-order valence-electron chi connectivity index (χ1n) is 9.65. The van der Waals surface area contributed by atoms with Crippen LogP contribution >= 0.6 is 11.8 Å². The van der Waals surface area contributed by atoms with Gasteiger partial charge >= 0.3 is 0 Å². The summed E-state index contributed by atoms with van der Waals surface area (Å²) in [7, 11) is 1.96. The molecule has 0 unspecified atom stereocenters. The summed E-state index contributed by atoms with van der Waals surface area (Å²) in [5, 5.41) is 14.9. The summed E-state index contributed by atoms with van der Waals surface area (Å²) < 4.78 is 2.00. The zero-order chi connectivity index (χ0) is 20.7. The third-order valence-corrected chi connectivity index (χ3v) is 6.14. The predicted octanol–water partition coefficient (Wildman–Crippen LogP) is 4.79. The van der Waals surface area contributed by atoms with Crippen LogP contribution in [0.25, 0.3) is 32.8 Å². The Labute approximate surface area is 177 Å². The summed E-state index contributed by atoms with van der Waals surface area (Å²) in [6.07, 6.45) is 0. The van der Waals surface area contributed by atoms with Gasteiger partial charge in [-0.15, -0.1) is 10.2 Å². The average Bonchev–Trinajstić information content (AvgIpc) is 3.06. The van der Waals surface area contributed by atoms with Crippen molar-refractivity contribution in [1.29, 1.82) is 0 Å². The smallest absolute Gasteiger partial charge is 0.237 e. The maximum atomic E-state index is 12.8. The normalized spacial score (nSPS) is 12.5. The molecule has 0 saturated heterocycles. The number of nitrogens with zero attached hydrogens (tertiary/aromatic N) is 4. The number of carbonyl (C=O) groups excluding carboxylic acids is 1. The lowest BCUT2D eigenvalue weighted by Crippen LogP contribution is -2.22. The Morgan fingerprint density at radius 2 is 1.70 bits per heavy atom. The first kappa shape index (κ1) is 18.6. The van der Waals surface area contributed by atoms with Crippen molar-refractivity contribution in [3.05, 3.63) is 66.7 Å². The minimum Gasteiger partial charge on any atom is -0.327 e. The lowest BCUT2D eigenvalue weighted by Gasteiger charge is -2.12.